The molecule has 0 saturated heterocycles. The highest BCUT2D eigenvalue weighted by Gasteiger charge is 2.25. The lowest BCUT2D eigenvalue weighted by Crippen LogP contribution is -2.13. The van der Waals surface area contributed by atoms with E-state index < -0.39 is 15.1 Å². The minimum Gasteiger partial charge on any atom is -0.245 e. The standard InChI is InChI=1S/C11H12N2O2S2/c1-8(2)17(14,15)11-9(4-6-16-11)10-3-5-12-7-13-10/h3-8H,1-2H3. The van der Waals surface area contributed by atoms with E-state index in [2.05, 4.69) is 9.97 Å². The van der Waals surface area contributed by atoms with Crippen molar-refractivity contribution in [1.82, 2.24) is 9.97 Å². The van der Waals surface area contributed by atoms with Crippen LogP contribution in [0.3, 0.4) is 0 Å². The van der Waals surface area contributed by atoms with Gasteiger partial charge in [0.25, 0.3) is 0 Å². The largest absolute Gasteiger partial charge is 0.245 e. The highest BCUT2D eigenvalue weighted by atomic mass is 32.2. The van der Waals surface area contributed by atoms with E-state index in [1.807, 2.05) is 0 Å². The Kier molecular flexibility index (Phi) is 3.26. The number of rotatable bonds is 3. The summed E-state index contributed by atoms with van der Waals surface area (Å²) in [6.45, 7) is 3.36. The average molecular weight is 268 g/mol. The van der Waals surface area contributed by atoms with Crippen LogP contribution in [-0.2, 0) is 9.84 Å². The first-order chi connectivity index (χ1) is 8.03. The van der Waals surface area contributed by atoms with E-state index in [1.165, 1.54) is 17.7 Å². The van der Waals surface area contributed by atoms with Crippen molar-refractivity contribution in [2.75, 3.05) is 0 Å². The first kappa shape index (κ1) is 12.2. The van der Waals surface area contributed by atoms with Gasteiger partial charge >= 0.3 is 0 Å². The van der Waals surface area contributed by atoms with Crippen molar-refractivity contribution in [3.63, 3.8) is 0 Å². The molecule has 0 radical (unpaired) electrons. The molecule has 2 rings (SSSR count). The normalized spacial score (nSPS) is 11.9. The lowest BCUT2D eigenvalue weighted by Gasteiger charge is -2.07. The second-order valence-electron chi connectivity index (χ2n) is 3.81. The molecule has 0 spiro atoms. The van der Waals surface area contributed by atoms with Gasteiger partial charge in [0.05, 0.1) is 10.9 Å². The molecule has 4 nitrogen and oxygen atoms in total. The summed E-state index contributed by atoms with van der Waals surface area (Å²) in [5.41, 5.74) is 1.30. The Hall–Kier alpha value is -1.27. The summed E-state index contributed by atoms with van der Waals surface area (Å²) in [6, 6.07) is 3.49. The number of thiophene rings is 1. The molecule has 0 bridgehead atoms. The smallest absolute Gasteiger partial charge is 0.190 e. The molecule has 0 aliphatic heterocycles. The van der Waals surface area contributed by atoms with Gasteiger partial charge in [0, 0.05) is 11.8 Å². The molecule has 0 aliphatic carbocycles. The molecule has 0 atom stereocenters. The van der Waals surface area contributed by atoms with Gasteiger partial charge in [-0.05, 0) is 31.4 Å². The Balaban J connectivity index is 2.58. The molecule has 0 saturated carbocycles. The van der Waals surface area contributed by atoms with Gasteiger partial charge in [-0.25, -0.2) is 18.4 Å². The van der Waals surface area contributed by atoms with Crippen LogP contribution in [0.1, 0.15) is 13.8 Å². The zero-order chi connectivity index (χ0) is 12.5. The molecule has 0 fully saturated rings. The van der Waals surface area contributed by atoms with E-state index in [-0.39, 0.29) is 0 Å². The third kappa shape index (κ3) is 2.23. The molecular weight excluding hydrogens is 256 g/mol. The summed E-state index contributed by atoms with van der Waals surface area (Å²) < 4.78 is 24.7. The molecule has 2 heterocycles. The number of sulfone groups is 1. The average Bonchev–Trinajstić information content (AvgIpc) is 2.79. The molecule has 0 amide bonds. The van der Waals surface area contributed by atoms with Gasteiger partial charge < -0.3 is 0 Å². The van der Waals surface area contributed by atoms with E-state index in [0.717, 1.165) is 0 Å². The maximum atomic E-state index is 12.2. The summed E-state index contributed by atoms with van der Waals surface area (Å²) in [7, 11) is -3.25. The van der Waals surface area contributed by atoms with E-state index in [1.54, 1.807) is 37.6 Å². The molecule has 0 unspecified atom stereocenters. The fourth-order valence-electron chi connectivity index (χ4n) is 1.37. The van der Waals surface area contributed by atoms with Gasteiger partial charge in [-0.2, -0.15) is 0 Å². The molecule has 2 aromatic heterocycles. The molecular formula is C11H12N2O2S2. The summed E-state index contributed by atoms with van der Waals surface area (Å²) in [5, 5.41) is 1.34. The van der Waals surface area contributed by atoms with Crippen LogP contribution in [0.4, 0.5) is 0 Å². The third-order valence-electron chi connectivity index (χ3n) is 2.37. The third-order valence-corrected chi connectivity index (χ3v) is 6.04. The molecule has 0 aromatic carbocycles. The number of aromatic nitrogens is 2. The van der Waals surface area contributed by atoms with Gasteiger partial charge in [0.1, 0.15) is 10.5 Å². The topological polar surface area (TPSA) is 59.9 Å². The molecule has 0 aliphatic rings. The second-order valence-corrected chi connectivity index (χ2v) is 7.43. The maximum absolute atomic E-state index is 12.2. The Bertz CT molecular complexity index is 603. The van der Waals surface area contributed by atoms with Crippen molar-refractivity contribution in [1.29, 1.82) is 0 Å². The van der Waals surface area contributed by atoms with Crippen LogP contribution in [0.2, 0.25) is 0 Å². The number of hydrogen-bond donors (Lipinski definition) is 0. The first-order valence-corrected chi connectivity index (χ1v) is 7.54. The van der Waals surface area contributed by atoms with Gasteiger partial charge in [-0.1, -0.05) is 0 Å². The molecule has 2 aromatic rings. The highest BCUT2D eigenvalue weighted by Crippen LogP contribution is 2.32. The zero-order valence-corrected chi connectivity index (χ0v) is 11.1. The summed E-state index contributed by atoms with van der Waals surface area (Å²) in [4.78, 5) is 7.91. The molecule has 90 valence electrons. The van der Waals surface area contributed by atoms with Crippen molar-refractivity contribution < 1.29 is 8.42 Å². The minimum atomic E-state index is -3.25. The van der Waals surface area contributed by atoms with Crippen molar-refractivity contribution in [3.8, 4) is 11.3 Å². The maximum Gasteiger partial charge on any atom is 0.190 e. The molecule has 17 heavy (non-hydrogen) atoms. The van der Waals surface area contributed by atoms with Crippen LogP contribution in [0.5, 0.6) is 0 Å². The summed E-state index contributed by atoms with van der Waals surface area (Å²) in [6.07, 6.45) is 3.02. The Morgan fingerprint density at radius 1 is 1.29 bits per heavy atom. The van der Waals surface area contributed by atoms with Crippen LogP contribution < -0.4 is 0 Å². The predicted octanol–water partition coefficient (Wildman–Crippen LogP) is 2.39. The van der Waals surface area contributed by atoms with Gasteiger partial charge in [-0.15, -0.1) is 11.3 Å². The van der Waals surface area contributed by atoms with Gasteiger partial charge in [0.2, 0.25) is 0 Å². The number of nitrogens with zero attached hydrogens (tertiary/aromatic N) is 2. The second kappa shape index (κ2) is 4.54. The van der Waals surface area contributed by atoms with Crippen molar-refractivity contribution in [2.45, 2.75) is 23.3 Å². The van der Waals surface area contributed by atoms with Crippen molar-refractivity contribution >= 4 is 21.2 Å². The summed E-state index contributed by atoms with van der Waals surface area (Å²) >= 11 is 1.23. The van der Waals surface area contributed by atoms with E-state index in [9.17, 15) is 8.42 Å². The predicted molar refractivity (Wildman–Crippen MR) is 67.7 cm³/mol. The van der Waals surface area contributed by atoms with E-state index in [0.29, 0.717) is 15.5 Å². The van der Waals surface area contributed by atoms with Crippen LogP contribution in [0.15, 0.2) is 34.2 Å². The highest BCUT2D eigenvalue weighted by molar-refractivity contribution is 7.94. The quantitative estimate of drug-likeness (QED) is 0.857. The van der Waals surface area contributed by atoms with Crippen LogP contribution in [-0.4, -0.2) is 23.6 Å². The monoisotopic (exact) mass is 268 g/mol. The number of hydrogen-bond acceptors (Lipinski definition) is 5. The Morgan fingerprint density at radius 2 is 2.06 bits per heavy atom. The van der Waals surface area contributed by atoms with Gasteiger partial charge in [-0.3, -0.25) is 0 Å². The van der Waals surface area contributed by atoms with Crippen LogP contribution in [0.25, 0.3) is 11.3 Å². The first-order valence-electron chi connectivity index (χ1n) is 5.11. The van der Waals surface area contributed by atoms with E-state index >= 15 is 0 Å². The lowest BCUT2D eigenvalue weighted by atomic mass is 10.2. The SMILES string of the molecule is CC(C)S(=O)(=O)c1sccc1-c1ccncn1. The summed E-state index contributed by atoms with van der Waals surface area (Å²) in [5.74, 6) is 0. The van der Waals surface area contributed by atoms with Crippen LogP contribution >= 0.6 is 11.3 Å². The fourth-order valence-corrected chi connectivity index (χ4v) is 4.18. The Labute approximate surface area is 104 Å². The van der Waals surface area contributed by atoms with Crippen molar-refractivity contribution in [2.24, 2.45) is 0 Å². The minimum absolute atomic E-state index is 0.381. The Morgan fingerprint density at radius 3 is 2.65 bits per heavy atom. The zero-order valence-electron chi connectivity index (χ0n) is 9.49. The van der Waals surface area contributed by atoms with Gasteiger partial charge in [0.15, 0.2) is 9.84 Å². The molecule has 6 heteroatoms. The van der Waals surface area contributed by atoms with Crippen molar-refractivity contribution in [3.05, 3.63) is 30.0 Å². The van der Waals surface area contributed by atoms with E-state index in [4.69, 9.17) is 0 Å². The lowest BCUT2D eigenvalue weighted by molar-refractivity contribution is 0.589. The van der Waals surface area contributed by atoms with Crippen LogP contribution in [0, 0.1) is 0 Å². The fraction of sp³-hybridized carbons (Fsp3) is 0.273. The molecule has 0 N–H and O–H groups in total.